The third-order valence-corrected chi connectivity index (χ3v) is 3.15. The third kappa shape index (κ3) is 3.27. The number of carbonyl (C=O) groups is 1. The lowest BCUT2D eigenvalue weighted by atomic mass is 10.2. The molecule has 0 saturated heterocycles. The van der Waals surface area contributed by atoms with Crippen LogP contribution in [0.15, 0.2) is 21.2 Å². The normalized spacial score (nSPS) is 10.8. The fourth-order valence-corrected chi connectivity index (χ4v) is 2.23. The highest BCUT2D eigenvalue weighted by molar-refractivity contribution is 9.10. The lowest BCUT2D eigenvalue weighted by Crippen LogP contribution is -2.11. The fourth-order valence-electron chi connectivity index (χ4n) is 1.89. The summed E-state index contributed by atoms with van der Waals surface area (Å²) in [7, 11) is 0. The van der Waals surface area contributed by atoms with Crippen molar-refractivity contribution >= 4 is 21.9 Å². The molecular formula is C13H16BrN3O3. The first-order valence-electron chi connectivity index (χ1n) is 6.49. The Labute approximate surface area is 125 Å². The van der Waals surface area contributed by atoms with Crippen LogP contribution in [0.1, 0.15) is 42.2 Å². The molecule has 6 nitrogen and oxygen atoms in total. The minimum Gasteiger partial charge on any atom is -0.461 e. The Kier molecular flexibility index (Phi) is 4.94. The molecule has 0 bridgehead atoms. The van der Waals surface area contributed by atoms with Crippen LogP contribution in [0.2, 0.25) is 0 Å². The minimum absolute atomic E-state index is 0.291. The molecule has 0 N–H and O–H groups in total. The highest BCUT2D eigenvalue weighted by Gasteiger charge is 2.20. The first kappa shape index (κ1) is 14.8. The summed E-state index contributed by atoms with van der Waals surface area (Å²) >= 11 is 3.26. The molecule has 2 aromatic heterocycles. The van der Waals surface area contributed by atoms with Gasteiger partial charge in [0.2, 0.25) is 0 Å². The lowest BCUT2D eigenvalue weighted by molar-refractivity contribution is 0.0518. The average molecular weight is 342 g/mol. The summed E-state index contributed by atoms with van der Waals surface area (Å²) in [6, 6.07) is 3.67. The molecule has 0 atom stereocenters. The molecule has 2 rings (SSSR count). The van der Waals surface area contributed by atoms with Gasteiger partial charge in [-0.15, -0.1) is 5.10 Å². The molecule has 0 amide bonds. The van der Waals surface area contributed by atoms with Crippen molar-refractivity contribution in [3.63, 3.8) is 0 Å². The van der Waals surface area contributed by atoms with Gasteiger partial charge in [-0.3, -0.25) is 0 Å². The standard InChI is InChI=1S/C13H16BrN3O3/c1-3-5-10-12(13(18)19-4-2)15-16-17(10)8-9-6-7-11(14)20-9/h6-7H,3-5,8H2,1-2H3. The predicted octanol–water partition coefficient (Wildman–Crippen LogP) is 2.81. The number of furan rings is 1. The van der Waals surface area contributed by atoms with Crippen LogP contribution in [0.3, 0.4) is 0 Å². The zero-order chi connectivity index (χ0) is 14.5. The third-order valence-electron chi connectivity index (χ3n) is 2.73. The van der Waals surface area contributed by atoms with Gasteiger partial charge >= 0.3 is 5.97 Å². The number of esters is 1. The summed E-state index contributed by atoms with van der Waals surface area (Å²) < 4.78 is 12.8. The molecule has 0 aliphatic rings. The molecule has 0 aliphatic carbocycles. The lowest BCUT2D eigenvalue weighted by Gasteiger charge is -2.05. The van der Waals surface area contributed by atoms with E-state index in [-0.39, 0.29) is 0 Å². The van der Waals surface area contributed by atoms with Gasteiger partial charge in [-0.2, -0.15) is 0 Å². The van der Waals surface area contributed by atoms with Gasteiger partial charge in [0.05, 0.1) is 12.3 Å². The van der Waals surface area contributed by atoms with Crippen LogP contribution >= 0.6 is 15.9 Å². The molecule has 0 spiro atoms. The first-order valence-corrected chi connectivity index (χ1v) is 7.28. The maximum absolute atomic E-state index is 11.8. The van der Waals surface area contributed by atoms with Gasteiger partial charge in [0, 0.05) is 0 Å². The van der Waals surface area contributed by atoms with Gasteiger partial charge in [0.1, 0.15) is 12.3 Å². The van der Waals surface area contributed by atoms with Crippen LogP contribution in [0.5, 0.6) is 0 Å². The maximum atomic E-state index is 11.8. The molecule has 0 unspecified atom stereocenters. The average Bonchev–Trinajstić information content (AvgIpc) is 2.99. The van der Waals surface area contributed by atoms with Crippen LogP contribution in [-0.4, -0.2) is 27.6 Å². The van der Waals surface area contributed by atoms with Crippen molar-refractivity contribution in [3.8, 4) is 0 Å². The molecule has 0 aliphatic heterocycles. The van der Waals surface area contributed by atoms with E-state index >= 15 is 0 Å². The van der Waals surface area contributed by atoms with Crippen LogP contribution in [0, 0.1) is 0 Å². The highest BCUT2D eigenvalue weighted by Crippen LogP contribution is 2.17. The number of hydrogen-bond donors (Lipinski definition) is 0. The number of hydrogen-bond acceptors (Lipinski definition) is 5. The Balaban J connectivity index is 2.26. The molecule has 0 saturated carbocycles. The molecule has 108 valence electrons. The molecule has 7 heteroatoms. The number of aromatic nitrogens is 3. The quantitative estimate of drug-likeness (QED) is 0.755. The van der Waals surface area contributed by atoms with E-state index < -0.39 is 5.97 Å². The van der Waals surface area contributed by atoms with Crippen LogP contribution in [0.4, 0.5) is 0 Å². The van der Waals surface area contributed by atoms with E-state index in [4.69, 9.17) is 9.15 Å². The van der Waals surface area contributed by atoms with E-state index in [2.05, 4.69) is 26.2 Å². The molecule has 0 aromatic carbocycles. The van der Waals surface area contributed by atoms with Crippen LogP contribution < -0.4 is 0 Å². The molecule has 0 fully saturated rings. The highest BCUT2D eigenvalue weighted by atomic mass is 79.9. The number of halogens is 1. The summed E-state index contributed by atoms with van der Waals surface area (Å²) in [5.74, 6) is 0.317. The second-order valence-corrected chi connectivity index (χ2v) is 5.00. The predicted molar refractivity (Wildman–Crippen MR) is 75.5 cm³/mol. The topological polar surface area (TPSA) is 70.2 Å². The Hall–Kier alpha value is -1.63. The number of ether oxygens (including phenoxy) is 1. The molecular weight excluding hydrogens is 326 g/mol. The summed E-state index contributed by atoms with van der Waals surface area (Å²) in [6.45, 7) is 4.56. The SMILES string of the molecule is CCCc1c(C(=O)OCC)nnn1Cc1ccc(Br)o1. The van der Waals surface area contributed by atoms with E-state index in [9.17, 15) is 4.79 Å². The second-order valence-electron chi connectivity index (χ2n) is 4.22. The Morgan fingerprint density at radius 1 is 1.45 bits per heavy atom. The number of rotatable bonds is 6. The summed E-state index contributed by atoms with van der Waals surface area (Å²) in [5.41, 5.74) is 1.07. The summed E-state index contributed by atoms with van der Waals surface area (Å²) in [5, 5.41) is 7.97. The van der Waals surface area contributed by atoms with Gasteiger partial charge in [0.25, 0.3) is 0 Å². The van der Waals surface area contributed by atoms with Gasteiger partial charge in [-0.05, 0) is 41.4 Å². The van der Waals surface area contributed by atoms with Crippen molar-refractivity contribution in [2.45, 2.75) is 33.2 Å². The Morgan fingerprint density at radius 2 is 2.25 bits per heavy atom. The van der Waals surface area contributed by atoms with E-state index in [0.717, 1.165) is 17.9 Å². The maximum Gasteiger partial charge on any atom is 0.360 e. The van der Waals surface area contributed by atoms with Gasteiger partial charge in [-0.1, -0.05) is 18.6 Å². The van der Waals surface area contributed by atoms with Crippen molar-refractivity contribution in [2.75, 3.05) is 6.61 Å². The van der Waals surface area contributed by atoms with Crippen molar-refractivity contribution in [3.05, 3.63) is 34.0 Å². The van der Waals surface area contributed by atoms with Crippen molar-refractivity contribution in [1.29, 1.82) is 0 Å². The molecule has 2 aromatic rings. The van der Waals surface area contributed by atoms with Gasteiger partial charge < -0.3 is 9.15 Å². The molecule has 0 radical (unpaired) electrons. The van der Waals surface area contributed by atoms with Gasteiger partial charge in [0.15, 0.2) is 10.4 Å². The van der Waals surface area contributed by atoms with Crippen LogP contribution in [0.25, 0.3) is 0 Å². The Morgan fingerprint density at radius 3 is 2.85 bits per heavy atom. The van der Waals surface area contributed by atoms with Crippen LogP contribution in [-0.2, 0) is 17.7 Å². The van der Waals surface area contributed by atoms with Crippen molar-refractivity contribution in [2.24, 2.45) is 0 Å². The minimum atomic E-state index is -0.428. The first-order chi connectivity index (χ1) is 9.65. The fraction of sp³-hybridized carbons (Fsp3) is 0.462. The van der Waals surface area contributed by atoms with E-state index in [1.807, 2.05) is 19.1 Å². The second kappa shape index (κ2) is 6.69. The zero-order valence-electron chi connectivity index (χ0n) is 11.4. The van der Waals surface area contributed by atoms with E-state index in [1.165, 1.54) is 0 Å². The molecule has 20 heavy (non-hydrogen) atoms. The zero-order valence-corrected chi connectivity index (χ0v) is 13.0. The number of nitrogens with zero attached hydrogens (tertiary/aromatic N) is 3. The summed E-state index contributed by atoms with van der Waals surface area (Å²) in [4.78, 5) is 11.8. The monoisotopic (exact) mass is 341 g/mol. The Bertz CT molecular complexity index is 591. The van der Waals surface area contributed by atoms with Gasteiger partial charge in [-0.25, -0.2) is 9.48 Å². The summed E-state index contributed by atoms with van der Waals surface area (Å²) in [6.07, 6.45) is 1.60. The van der Waals surface area contributed by atoms with E-state index in [0.29, 0.717) is 29.9 Å². The number of carbonyl (C=O) groups excluding carboxylic acids is 1. The largest absolute Gasteiger partial charge is 0.461 e. The van der Waals surface area contributed by atoms with E-state index in [1.54, 1.807) is 11.6 Å². The van der Waals surface area contributed by atoms with Crippen molar-refractivity contribution < 1.29 is 13.9 Å². The smallest absolute Gasteiger partial charge is 0.360 e. The van der Waals surface area contributed by atoms with Crippen molar-refractivity contribution in [1.82, 2.24) is 15.0 Å². The molecule has 2 heterocycles.